The van der Waals surface area contributed by atoms with Crippen LogP contribution in [0.25, 0.3) is 0 Å². The van der Waals surface area contributed by atoms with Gasteiger partial charge in [0, 0.05) is 27.1 Å². The molecule has 0 aliphatic carbocycles. The third-order valence-electron chi connectivity index (χ3n) is 4.08. The normalized spacial score (nSPS) is 26.9. The number of ether oxygens (including phenoxy) is 1. The van der Waals surface area contributed by atoms with E-state index in [9.17, 15) is 13.2 Å². The van der Waals surface area contributed by atoms with E-state index in [1.54, 1.807) is 0 Å². The summed E-state index contributed by atoms with van der Waals surface area (Å²) in [6.07, 6.45) is -7.82. The van der Waals surface area contributed by atoms with E-state index in [1.165, 1.54) is 12.1 Å². The molecule has 0 aromatic heterocycles. The Hall–Kier alpha value is -2.24. The molecule has 0 amide bonds. The Balaban J connectivity index is 2.09. The first-order valence-electron chi connectivity index (χ1n) is 11.3. The monoisotopic (exact) mass is 387 g/mol. The lowest BCUT2D eigenvalue weighted by Gasteiger charge is -2.23. The summed E-state index contributed by atoms with van der Waals surface area (Å²) in [7, 11) is 0. The second-order valence-electron chi connectivity index (χ2n) is 7.19. The Morgan fingerprint density at radius 3 is 2.30 bits per heavy atom. The summed E-state index contributed by atoms with van der Waals surface area (Å²) in [5.41, 5.74) is -0.400. The van der Waals surface area contributed by atoms with Crippen molar-refractivity contribution in [3.05, 3.63) is 59.4 Å². The van der Waals surface area contributed by atoms with Crippen LogP contribution in [0.4, 0.5) is 23.2 Å². The maximum atomic E-state index is 15.1. The molecule has 1 fully saturated rings. The van der Waals surface area contributed by atoms with Crippen molar-refractivity contribution in [1.29, 1.82) is 0 Å². The molecule has 1 aliphatic heterocycles. The summed E-state index contributed by atoms with van der Waals surface area (Å²) in [6, 6.07) is 7.77. The molecule has 6 heteroatoms. The van der Waals surface area contributed by atoms with Crippen LogP contribution in [0.2, 0.25) is 0 Å². The van der Waals surface area contributed by atoms with E-state index in [0.29, 0.717) is 10.5 Å². The summed E-state index contributed by atoms with van der Waals surface area (Å²) < 4.78 is 107. The molecule has 0 spiro atoms. The van der Waals surface area contributed by atoms with Crippen molar-refractivity contribution in [2.45, 2.75) is 44.8 Å². The van der Waals surface area contributed by atoms with E-state index in [2.05, 4.69) is 4.74 Å². The summed E-state index contributed by atoms with van der Waals surface area (Å²) in [5.74, 6) is -3.30. The standard InChI is InChI=1S/C21H23F4NO/c1-20(2,3)16-6-9-19(18(22)12-16)26-11-10-15(13-26)14-4-7-17(8-5-14)27-21(23,24)25/h4-9,12,15H,10-11,13H2,1-3H3/i10D2,11D2,13D2. The van der Waals surface area contributed by atoms with Gasteiger partial charge in [-0.1, -0.05) is 39.0 Å². The maximum absolute atomic E-state index is 15.1. The van der Waals surface area contributed by atoms with Gasteiger partial charge in [-0.15, -0.1) is 13.2 Å². The molecule has 2 nitrogen and oxygen atoms in total. The highest BCUT2D eigenvalue weighted by Crippen LogP contribution is 2.35. The Labute approximate surface area is 165 Å². The van der Waals surface area contributed by atoms with E-state index in [0.717, 1.165) is 30.3 Å². The van der Waals surface area contributed by atoms with Crippen LogP contribution >= 0.6 is 0 Å². The van der Waals surface area contributed by atoms with Crippen LogP contribution in [0.15, 0.2) is 42.5 Å². The minimum absolute atomic E-state index is 0.0994. The highest BCUT2D eigenvalue weighted by molar-refractivity contribution is 5.52. The van der Waals surface area contributed by atoms with Gasteiger partial charge in [-0.05, 0) is 47.2 Å². The van der Waals surface area contributed by atoms with E-state index in [1.807, 2.05) is 20.8 Å². The predicted octanol–water partition coefficient (Wildman–Crippen LogP) is 6.02. The molecule has 0 radical (unpaired) electrons. The van der Waals surface area contributed by atoms with Crippen LogP contribution in [0.3, 0.4) is 0 Å². The molecule has 1 heterocycles. The van der Waals surface area contributed by atoms with Gasteiger partial charge >= 0.3 is 6.36 Å². The first-order chi connectivity index (χ1) is 14.8. The van der Waals surface area contributed by atoms with Crippen LogP contribution in [-0.2, 0) is 5.41 Å². The summed E-state index contributed by atoms with van der Waals surface area (Å²) in [6.45, 7) is -0.236. The van der Waals surface area contributed by atoms with E-state index < -0.39 is 54.3 Å². The molecule has 2 aromatic carbocycles. The minimum Gasteiger partial charge on any atom is -0.406 e. The second kappa shape index (κ2) is 7.06. The molecular weight excluding hydrogens is 358 g/mol. The SMILES string of the molecule is [2H]C1([2H])C(c2ccc(OC(F)(F)F)cc2)C([2H])([2H])C([2H])([2H])N1c1ccc(C(C)(C)C)cc1F. The number of anilines is 1. The van der Waals surface area contributed by atoms with E-state index >= 15 is 4.39 Å². The zero-order chi connectivity index (χ0) is 25.2. The topological polar surface area (TPSA) is 12.5 Å². The molecule has 0 saturated carbocycles. The van der Waals surface area contributed by atoms with Crippen molar-refractivity contribution in [1.82, 2.24) is 0 Å². The molecule has 27 heavy (non-hydrogen) atoms. The zero-order valence-electron chi connectivity index (χ0n) is 21.0. The third-order valence-corrected chi connectivity index (χ3v) is 4.08. The molecule has 0 bridgehead atoms. The van der Waals surface area contributed by atoms with E-state index in [-0.39, 0.29) is 5.56 Å². The number of halogens is 4. The van der Waals surface area contributed by atoms with Crippen LogP contribution in [0.1, 0.15) is 52.4 Å². The summed E-state index contributed by atoms with van der Waals surface area (Å²) in [5, 5.41) is 0. The van der Waals surface area contributed by atoms with Gasteiger partial charge in [-0.2, -0.15) is 0 Å². The maximum Gasteiger partial charge on any atom is 0.573 e. The van der Waals surface area contributed by atoms with Crippen LogP contribution in [-0.4, -0.2) is 19.4 Å². The first kappa shape index (κ1) is 13.0. The van der Waals surface area contributed by atoms with Gasteiger partial charge in [0.25, 0.3) is 0 Å². The highest BCUT2D eigenvalue weighted by atomic mass is 19.4. The quantitative estimate of drug-likeness (QED) is 0.598. The lowest BCUT2D eigenvalue weighted by molar-refractivity contribution is -0.274. The molecule has 1 aliphatic rings. The van der Waals surface area contributed by atoms with Gasteiger partial charge in [0.15, 0.2) is 0 Å². The van der Waals surface area contributed by atoms with Crippen LogP contribution < -0.4 is 9.64 Å². The summed E-state index contributed by atoms with van der Waals surface area (Å²) >= 11 is 0. The molecule has 0 N–H and O–H groups in total. The van der Waals surface area contributed by atoms with Crippen molar-refractivity contribution >= 4 is 5.69 Å². The predicted molar refractivity (Wildman–Crippen MR) is 97.8 cm³/mol. The summed E-state index contributed by atoms with van der Waals surface area (Å²) in [4.78, 5) is 0.437. The van der Waals surface area contributed by atoms with Gasteiger partial charge in [0.2, 0.25) is 0 Å². The minimum atomic E-state index is -4.94. The lowest BCUT2D eigenvalue weighted by Crippen LogP contribution is -2.21. The van der Waals surface area contributed by atoms with Crippen molar-refractivity contribution in [3.8, 4) is 5.75 Å². The average Bonchev–Trinajstić information content (AvgIpc) is 2.72. The Kier molecular flexibility index (Phi) is 3.40. The van der Waals surface area contributed by atoms with Crippen LogP contribution in [0, 0.1) is 5.82 Å². The van der Waals surface area contributed by atoms with Crippen LogP contribution in [0.5, 0.6) is 5.75 Å². The number of hydrogen-bond acceptors (Lipinski definition) is 2. The second-order valence-corrected chi connectivity index (χ2v) is 7.19. The van der Waals surface area contributed by atoms with Crippen molar-refractivity contribution in [2.75, 3.05) is 17.9 Å². The Morgan fingerprint density at radius 1 is 1.07 bits per heavy atom. The number of nitrogens with zero attached hydrogens (tertiary/aromatic N) is 1. The zero-order valence-corrected chi connectivity index (χ0v) is 15.0. The molecule has 2 aromatic rings. The van der Waals surface area contributed by atoms with E-state index in [4.69, 9.17) is 8.22 Å². The largest absolute Gasteiger partial charge is 0.573 e. The van der Waals surface area contributed by atoms with Gasteiger partial charge in [0.1, 0.15) is 11.6 Å². The molecular formula is C21H23F4NO. The molecule has 1 unspecified atom stereocenters. The highest BCUT2D eigenvalue weighted by Gasteiger charge is 2.31. The van der Waals surface area contributed by atoms with Crippen molar-refractivity contribution in [2.24, 2.45) is 0 Å². The molecule has 1 atom stereocenters. The Bertz CT molecular complexity index is 1030. The molecule has 146 valence electrons. The van der Waals surface area contributed by atoms with Crippen molar-refractivity contribution in [3.63, 3.8) is 0 Å². The number of benzene rings is 2. The first-order valence-corrected chi connectivity index (χ1v) is 8.26. The fourth-order valence-electron chi connectivity index (χ4n) is 2.63. The number of alkyl halides is 3. The fraction of sp³-hybridized carbons (Fsp3) is 0.429. The van der Waals surface area contributed by atoms with Gasteiger partial charge < -0.3 is 9.64 Å². The number of hydrogen-bond donors (Lipinski definition) is 0. The van der Waals surface area contributed by atoms with Gasteiger partial charge in [0.05, 0.1) is 5.69 Å². The fourth-order valence-corrected chi connectivity index (χ4v) is 2.63. The van der Waals surface area contributed by atoms with Crippen molar-refractivity contribution < 1.29 is 30.5 Å². The smallest absolute Gasteiger partial charge is 0.406 e. The third kappa shape index (κ3) is 4.73. The molecule has 1 saturated heterocycles. The van der Waals surface area contributed by atoms with Gasteiger partial charge in [-0.3, -0.25) is 0 Å². The Morgan fingerprint density at radius 2 is 1.74 bits per heavy atom. The average molecular weight is 387 g/mol. The lowest BCUT2D eigenvalue weighted by atomic mass is 9.87. The number of rotatable bonds is 3. The molecule has 3 rings (SSSR count). The van der Waals surface area contributed by atoms with Gasteiger partial charge in [-0.25, -0.2) is 4.39 Å².